The fourth-order valence-corrected chi connectivity index (χ4v) is 2.88. The molecule has 0 radical (unpaired) electrons. The van der Waals surface area contributed by atoms with Crippen LogP contribution in [0.2, 0.25) is 0 Å². The maximum absolute atomic E-state index is 12.0. The molecule has 0 aliphatic carbocycles. The van der Waals surface area contributed by atoms with E-state index < -0.39 is 17.7 Å². The lowest BCUT2D eigenvalue weighted by atomic mass is 9.99. The molecule has 0 unspecified atom stereocenters. The molecular formula is C21H20O5. The van der Waals surface area contributed by atoms with Crippen LogP contribution in [0.5, 0.6) is 5.75 Å². The zero-order valence-corrected chi connectivity index (χ0v) is 14.9. The lowest BCUT2D eigenvalue weighted by molar-refractivity contribution is -0.147. The predicted octanol–water partition coefficient (Wildman–Crippen LogP) is 3.96. The Morgan fingerprint density at radius 2 is 1.88 bits per heavy atom. The van der Waals surface area contributed by atoms with Gasteiger partial charge in [0.1, 0.15) is 11.3 Å². The summed E-state index contributed by atoms with van der Waals surface area (Å²) < 4.78 is 15.8. The van der Waals surface area contributed by atoms with Crippen molar-refractivity contribution < 1.29 is 18.7 Å². The largest absolute Gasteiger partial charge is 0.479 e. The number of hydrogen-bond donors (Lipinski definition) is 0. The molecule has 26 heavy (non-hydrogen) atoms. The average molecular weight is 352 g/mol. The van der Waals surface area contributed by atoms with Gasteiger partial charge in [0.2, 0.25) is 0 Å². The summed E-state index contributed by atoms with van der Waals surface area (Å²) in [5.41, 5.74) is 2.63. The summed E-state index contributed by atoms with van der Waals surface area (Å²) in [5.74, 6) is 0.0397. The lowest BCUT2D eigenvalue weighted by Gasteiger charge is -2.16. The fourth-order valence-electron chi connectivity index (χ4n) is 2.88. The Balaban J connectivity index is 2.17. The van der Waals surface area contributed by atoms with Crippen LogP contribution in [0.3, 0.4) is 0 Å². The second-order valence-electron chi connectivity index (χ2n) is 5.94. The maximum atomic E-state index is 12.0. The van der Waals surface area contributed by atoms with Gasteiger partial charge in [0.05, 0.1) is 7.11 Å². The zero-order chi connectivity index (χ0) is 18.7. The van der Waals surface area contributed by atoms with Gasteiger partial charge in [-0.15, -0.1) is 0 Å². The molecular weight excluding hydrogens is 332 g/mol. The molecule has 0 fully saturated rings. The summed E-state index contributed by atoms with van der Waals surface area (Å²) >= 11 is 0. The number of methoxy groups -OCH3 is 1. The number of rotatable bonds is 5. The Bertz CT molecular complexity index is 988. The molecule has 0 spiro atoms. The van der Waals surface area contributed by atoms with Crippen LogP contribution in [0.1, 0.15) is 19.4 Å². The zero-order valence-electron chi connectivity index (χ0n) is 14.9. The summed E-state index contributed by atoms with van der Waals surface area (Å²) in [7, 11) is 1.31. The van der Waals surface area contributed by atoms with Gasteiger partial charge in [-0.05, 0) is 36.1 Å². The number of esters is 1. The van der Waals surface area contributed by atoms with E-state index in [2.05, 4.69) is 0 Å². The predicted molar refractivity (Wildman–Crippen MR) is 99.4 cm³/mol. The van der Waals surface area contributed by atoms with Crippen molar-refractivity contribution in [2.24, 2.45) is 0 Å². The molecule has 134 valence electrons. The molecule has 0 bridgehead atoms. The van der Waals surface area contributed by atoms with Gasteiger partial charge < -0.3 is 13.9 Å². The molecule has 3 rings (SSSR count). The Labute approximate surface area is 151 Å². The van der Waals surface area contributed by atoms with Gasteiger partial charge in [0, 0.05) is 17.5 Å². The minimum absolute atomic E-state index is 0.417. The normalized spacial score (nSPS) is 12.0. The first-order valence-electron chi connectivity index (χ1n) is 8.44. The number of aryl methyl sites for hydroxylation is 1. The van der Waals surface area contributed by atoms with E-state index in [0.29, 0.717) is 17.8 Å². The van der Waals surface area contributed by atoms with Crippen LogP contribution in [0.4, 0.5) is 0 Å². The Morgan fingerprint density at radius 1 is 1.15 bits per heavy atom. The first-order valence-corrected chi connectivity index (χ1v) is 8.44. The smallest absolute Gasteiger partial charge is 0.346 e. The van der Waals surface area contributed by atoms with Crippen LogP contribution >= 0.6 is 0 Å². The summed E-state index contributed by atoms with van der Waals surface area (Å²) in [6, 6.07) is 14.8. The summed E-state index contributed by atoms with van der Waals surface area (Å²) in [6.07, 6.45) is -0.0567. The third-order valence-corrected chi connectivity index (χ3v) is 4.23. The fraction of sp³-hybridized carbons (Fsp3) is 0.238. The lowest BCUT2D eigenvalue weighted by Crippen LogP contribution is -2.25. The van der Waals surface area contributed by atoms with E-state index >= 15 is 0 Å². The number of ether oxygens (including phenoxy) is 2. The van der Waals surface area contributed by atoms with Gasteiger partial charge in [0.15, 0.2) is 6.10 Å². The molecule has 0 amide bonds. The molecule has 0 aliphatic rings. The van der Waals surface area contributed by atoms with Gasteiger partial charge in [-0.3, -0.25) is 0 Å². The quantitative estimate of drug-likeness (QED) is 0.514. The molecule has 0 saturated heterocycles. The van der Waals surface area contributed by atoms with Crippen molar-refractivity contribution in [3.63, 3.8) is 0 Å². The summed E-state index contributed by atoms with van der Waals surface area (Å²) in [6.45, 7) is 3.62. The first-order chi connectivity index (χ1) is 12.5. The monoisotopic (exact) mass is 352 g/mol. The number of carbonyl (C=O) groups is 1. The molecule has 0 aliphatic heterocycles. The second-order valence-corrected chi connectivity index (χ2v) is 5.94. The Kier molecular flexibility index (Phi) is 5.07. The Hall–Kier alpha value is -3.08. The summed E-state index contributed by atoms with van der Waals surface area (Å²) in [4.78, 5) is 23.7. The van der Waals surface area contributed by atoms with Crippen molar-refractivity contribution >= 4 is 16.9 Å². The highest BCUT2D eigenvalue weighted by Crippen LogP contribution is 2.33. The van der Waals surface area contributed by atoms with Crippen molar-refractivity contribution in [2.45, 2.75) is 26.4 Å². The van der Waals surface area contributed by atoms with Crippen LogP contribution in [0, 0.1) is 0 Å². The van der Waals surface area contributed by atoms with E-state index in [9.17, 15) is 9.59 Å². The van der Waals surface area contributed by atoms with E-state index in [1.165, 1.54) is 13.2 Å². The first kappa shape index (κ1) is 17.7. The van der Waals surface area contributed by atoms with Gasteiger partial charge in [0.25, 0.3) is 0 Å². The van der Waals surface area contributed by atoms with Gasteiger partial charge in [-0.1, -0.05) is 37.3 Å². The maximum Gasteiger partial charge on any atom is 0.346 e. The van der Waals surface area contributed by atoms with Crippen LogP contribution < -0.4 is 10.4 Å². The number of hydrogen-bond acceptors (Lipinski definition) is 5. The Morgan fingerprint density at radius 3 is 2.54 bits per heavy atom. The van der Waals surface area contributed by atoms with E-state index in [1.807, 2.05) is 43.3 Å². The second kappa shape index (κ2) is 7.44. The van der Waals surface area contributed by atoms with Crippen molar-refractivity contribution in [1.82, 2.24) is 0 Å². The number of benzene rings is 2. The van der Waals surface area contributed by atoms with Crippen LogP contribution in [0.25, 0.3) is 22.1 Å². The SMILES string of the molecule is CCc1cc2c(-c3ccccc3)cc(=O)oc2cc1O[C@H](C)C(=O)OC. The van der Waals surface area contributed by atoms with Crippen LogP contribution in [-0.4, -0.2) is 19.2 Å². The highest BCUT2D eigenvalue weighted by atomic mass is 16.6. The van der Waals surface area contributed by atoms with Crippen molar-refractivity contribution in [1.29, 1.82) is 0 Å². The van der Waals surface area contributed by atoms with Crippen molar-refractivity contribution in [3.8, 4) is 16.9 Å². The van der Waals surface area contributed by atoms with Gasteiger partial charge >= 0.3 is 11.6 Å². The molecule has 0 N–H and O–H groups in total. The average Bonchev–Trinajstić information content (AvgIpc) is 2.66. The van der Waals surface area contributed by atoms with Crippen LogP contribution in [0.15, 0.2) is 57.7 Å². The molecule has 1 aromatic heterocycles. The molecule has 2 aromatic carbocycles. The minimum Gasteiger partial charge on any atom is -0.479 e. The van der Waals surface area contributed by atoms with E-state index in [0.717, 1.165) is 22.1 Å². The molecule has 3 aromatic rings. The minimum atomic E-state index is -0.758. The van der Waals surface area contributed by atoms with Crippen molar-refractivity contribution in [3.05, 3.63) is 64.5 Å². The van der Waals surface area contributed by atoms with E-state index in [-0.39, 0.29) is 0 Å². The van der Waals surface area contributed by atoms with Gasteiger partial charge in [-0.2, -0.15) is 0 Å². The van der Waals surface area contributed by atoms with Crippen LogP contribution in [-0.2, 0) is 16.0 Å². The number of fused-ring (bicyclic) bond motifs is 1. The molecule has 5 nitrogen and oxygen atoms in total. The summed E-state index contributed by atoms with van der Waals surface area (Å²) in [5, 5.41) is 0.825. The van der Waals surface area contributed by atoms with E-state index in [4.69, 9.17) is 13.9 Å². The van der Waals surface area contributed by atoms with Crippen molar-refractivity contribution in [2.75, 3.05) is 7.11 Å². The topological polar surface area (TPSA) is 65.7 Å². The molecule has 1 atom stereocenters. The molecule has 1 heterocycles. The third-order valence-electron chi connectivity index (χ3n) is 4.23. The highest BCUT2D eigenvalue weighted by molar-refractivity contribution is 5.94. The highest BCUT2D eigenvalue weighted by Gasteiger charge is 2.18. The molecule has 5 heteroatoms. The van der Waals surface area contributed by atoms with E-state index in [1.54, 1.807) is 13.0 Å². The number of carbonyl (C=O) groups excluding carboxylic acids is 1. The third kappa shape index (κ3) is 3.47. The standard InChI is InChI=1S/C21H20O5/c1-4-14-10-17-16(15-8-6-5-7-9-15)11-20(22)26-19(17)12-18(14)25-13(2)21(23)24-3/h5-13H,4H2,1-3H3/t13-/m1/s1. The van der Waals surface area contributed by atoms with Gasteiger partial charge in [-0.25, -0.2) is 9.59 Å². The molecule has 0 saturated carbocycles.